The Morgan fingerprint density at radius 2 is 0.897 bits per heavy atom. The summed E-state index contributed by atoms with van der Waals surface area (Å²) in [6, 6.07) is 65.5. The first-order valence-corrected chi connectivity index (χ1v) is 19.9. The lowest BCUT2D eigenvalue weighted by atomic mass is 9.82. The number of aromatic nitrogens is 4. The first kappa shape index (κ1) is 32.8. The van der Waals surface area contributed by atoms with E-state index in [0.29, 0.717) is 17.6 Å². The standard InChI is InChI=1S/C54H36N4/c1-54(2)47-21-10-9-18-43(47)46-32-38(27-29-48(46)54)42-19-11-20-44-45-28-26-35-14-7-8-17-41(35)49(45)58(50(42)44)53-56-51(39-24-22-33-12-3-5-15-36(33)30-39)55-52(57-53)40-25-23-34-13-4-6-16-37(34)31-40/h3-32H,1-2H3. The maximum Gasteiger partial charge on any atom is 0.238 e. The molecule has 272 valence electrons. The molecule has 0 saturated carbocycles. The molecule has 11 aromatic rings. The molecule has 1 aliphatic carbocycles. The summed E-state index contributed by atoms with van der Waals surface area (Å²) >= 11 is 0. The van der Waals surface area contributed by atoms with Crippen LogP contribution in [0.1, 0.15) is 25.0 Å². The third-order valence-corrected chi connectivity index (χ3v) is 12.4. The summed E-state index contributed by atoms with van der Waals surface area (Å²) in [4.78, 5) is 16.1. The SMILES string of the molecule is CC1(C)c2ccccc2-c2cc(-c3cccc4c5ccc6ccccc6c5n(-c5nc(-c6ccc7ccccc7c6)nc(-c6ccc7ccccc7c6)n5)c34)ccc21. The van der Waals surface area contributed by atoms with Crippen molar-refractivity contribution < 1.29 is 0 Å². The van der Waals surface area contributed by atoms with Gasteiger partial charge in [0.15, 0.2) is 11.6 Å². The molecule has 0 bridgehead atoms. The van der Waals surface area contributed by atoms with E-state index in [9.17, 15) is 0 Å². The van der Waals surface area contributed by atoms with Crippen LogP contribution in [0.15, 0.2) is 182 Å². The molecular weight excluding hydrogens is 705 g/mol. The van der Waals surface area contributed by atoms with E-state index in [2.05, 4.69) is 200 Å². The highest BCUT2D eigenvalue weighted by atomic mass is 15.2. The summed E-state index contributed by atoms with van der Waals surface area (Å²) in [6.07, 6.45) is 0. The predicted molar refractivity (Wildman–Crippen MR) is 241 cm³/mol. The molecule has 0 atom stereocenters. The van der Waals surface area contributed by atoms with Gasteiger partial charge < -0.3 is 0 Å². The van der Waals surface area contributed by atoms with E-state index in [4.69, 9.17) is 15.0 Å². The Morgan fingerprint density at radius 3 is 1.62 bits per heavy atom. The van der Waals surface area contributed by atoms with Gasteiger partial charge in [-0.25, -0.2) is 4.98 Å². The Hall–Kier alpha value is -7.43. The van der Waals surface area contributed by atoms with Gasteiger partial charge in [-0.15, -0.1) is 0 Å². The van der Waals surface area contributed by atoms with Crippen molar-refractivity contribution in [3.63, 3.8) is 0 Å². The van der Waals surface area contributed by atoms with Crippen LogP contribution in [0.3, 0.4) is 0 Å². The molecule has 0 N–H and O–H groups in total. The lowest BCUT2D eigenvalue weighted by Crippen LogP contribution is -2.14. The minimum absolute atomic E-state index is 0.0759. The van der Waals surface area contributed by atoms with Crippen LogP contribution in [0.2, 0.25) is 0 Å². The highest BCUT2D eigenvalue weighted by Gasteiger charge is 2.35. The second-order valence-electron chi connectivity index (χ2n) is 16.1. The molecule has 12 rings (SSSR count). The van der Waals surface area contributed by atoms with Crippen molar-refractivity contribution in [1.29, 1.82) is 0 Å². The average molecular weight is 741 g/mol. The van der Waals surface area contributed by atoms with E-state index >= 15 is 0 Å². The Kier molecular flexibility index (Phi) is 6.94. The minimum Gasteiger partial charge on any atom is -0.277 e. The second kappa shape index (κ2) is 12.3. The van der Waals surface area contributed by atoms with E-state index in [-0.39, 0.29) is 5.41 Å². The highest BCUT2D eigenvalue weighted by Crippen LogP contribution is 2.50. The maximum atomic E-state index is 5.43. The number of hydrogen-bond acceptors (Lipinski definition) is 3. The lowest BCUT2D eigenvalue weighted by Gasteiger charge is -2.21. The first-order chi connectivity index (χ1) is 28.5. The monoisotopic (exact) mass is 740 g/mol. The van der Waals surface area contributed by atoms with Crippen LogP contribution in [0.5, 0.6) is 0 Å². The van der Waals surface area contributed by atoms with Gasteiger partial charge in [-0.05, 0) is 72.9 Å². The Labute approximate surface area is 335 Å². The van der Waals surface area contributed by atoms with E-state index in [1.807, 2.05) is 0 Å². The van der Waals surface area contributed by atoms with Crippen molar-refractivity contribution in [2.75, 3.05) is 0 Å². The molecule has 0 spiro atoms. The van der Waals surface area contributed by atoms with Gasteiger partial charge in [0.05, 0.1) is 11.0 Å². The minimum atomic E-state index is -0.0759. The van der Waals surface area contributed by atoms with Gasteiger partial charge in [-0.1, -0.05) is 178 Å². The maximum absolute atomic E-state index is 5.43. The summed E-state index contributed by atoms with van der Waals surface area (Å²) in [6.45, 7) is 4.67. The topological polar surface area (TPSA) is 43.6 Å². The van der Waals surface area contributed by atoms with Gasteiger partial charge in [-0.3, -0.25) is 4.57 Å². The first-order valence-electron chi connectivity index (χ1n) is 19.9. The molecular formula is C54H36N4. The van der Waals surface area contributed by atoms with Crippen molar-refractivity contribution in [2.45, 2.75) is 19.3 Å². The molecule has 4 heteroatoms. The van der Waals surface area contributed by atoms with Gasteiger partial charge >= 0.3 is 0 Å². The fraction of sp³-hybridized carbons (Fsp3) is 0.0556. The van der Waals surface area contributed by atoms with Crippen molar-refractivity contribution in [2.24, 2.45) is 0 Å². The zero-order valence-corrected chi connectivity index (χ0v) is 32.1. The third kappa shape index (κ3) is 4.85. The van der Waals surface area contributed by atoms with E-state index in [1.165, 1.54) is 33.0 Å². The van der Waals surface area contributed by atoms with Crippen molar-refractivity contribution in [1.82, 2.24) is 19.5 Å². The summed E-state index contributed by atoms with van der Waals surface area (Å²) in [7, 11) is 0. The smallest absolute Gasteiger partial charge is 0.238 e. The number of hydrogen-bond donors (Lipinski definition) is 0. The number of fused-ring (bicyclic) bond motifs is 10. The molecule has 0 amide bonds. The van der Waals surface area contributed by atoms with Gasteiger partial charge in [-0.2, -0.15) is 9.97 Å². The molecule has 1 aliphatic rings. The van der Waals surface area contributed by atoms with Crippen LogP contribution in [0, 0.1) is 0 Å². The van der Waals surface area contributed by atoms with Crippen molar-refractivity contribution in [3.8, 4) is 51.0 Å². The third-order valence-electron chi connectivity index (χ3n) is 12.4. The molecule has 0 saturated heterocycles. The molecule has 0 aliphatic heterocycles. The average Bonchev–Trinajstić information content (AvgIpc) is 3.74. The molecule has 0 radical (unpaired) electrons. The number of benzene rings is 9. The van der Waals surface area contributed by atoms with Crippen LogP contribution in [-0.4, -0.2) is 19.5 Å². The zero-order chi connectivity index (χ0) is 38.5. The van der Waals surface area contributed by atoms with E-state index < -0.39 is 0 Å². The fourth-order valence-electron chi connectivity index (χ4n) is 9.53. The van der Waals surface area contributed by atoms with Crippen LogP contribution >= 0.6 is 0 Å². The lowest BCUT2D eigenvalue weighted by molar-refractivity contribution is 0.660. The Balaban J connectivity index is 1.18. The Morgan fingerprint density at radius 1 is 0.362 bits per heavy atom. The van der Waals surface area contributed by atoms with Crippen LogP contribution in [0.25, 0.3) is 105 Å². The highest BCUT2D eigenvalue weighted by molar-refractivity contribution is 6.21. The molecule has 9 aromatic carbocycles. The molecule has 2 aromatic heterocycles. The van der Waals surface area contributed by atoms with E-state index in [0.717, 1.165) is 65.6 Å². The largest absolute Gasteiger partial charge is 0.277 e. The fourth-order valence-corrected chi connectivity index (χ4v) is 9.53. The molecule has 0 fully saturated rings. The quantitative estimate of drug-likeness (QED) is 0.180. The van der Waals surface area contributed by atoms with E-state index in [1.54, 1.807) is 0 Å². The summed E-state index contributed by atoms with van der Waals surface area (Å²) < 4.78 is 2.31. The zero-order valence-electron chi connectivity index (χ0n) is 32.1. The molecule has 58 heavy (non-hydrogen) atoms. The van der Waals surface area contributed by atoms with Gasteiger partial charge in [0.1, 0.15) is 0 Å². The van der Waals surface area contributed by atoms with Gasteiger partial charge in [0, 0.05) is 38.3 Å². The van der Waals surface area contributed by atoms with Gasteiger partial charge in [0.25, 0.3) is 0 Å². The number of para-hydroxylation sites is 1. The summed E-state index contributed by atoms with van der Waals surface area (Å²) in [5.74, 6) is 1.84. The van der Waals surface area contributed by atoms with Crippen molar-refractivity contribution >= 4 is 54.1 Å². The summed E-state index contributed by atoms with van der Waals surface area (Å²) in [5.41, 5.74) is 11.6. The van der Waals surface area contributed by atoms with Crippen molar-refractivity contribution in [3.05, 3.63) is 193 Å². The number of nitrogens with zero attached hydrogens (tertiary/aromatic N) is 4. The Bertz CT molecular complexity index is 3400. The predicted octanol–water partition coefficient (Wildman–Crippen LogP) is 13.7. The van der Waals surface area contributed by atoms with Gasteiger partial charge in [0.2, 0.25) is 5.95 Å². The molecule has 2 heterocycles. The van der Waals surface area contributed by atoms with Crippen LogP contribution in [0.4, 0.5) is 0 Å². The van der Waals surface area contributed by atoms with Crippen LogP contribution < -0.4 is 0 Å². The molecule has 0 unspecified atom stereocenters. The number of rotatable bonds is 4. The second-order valence-corrected chi connectivity index (χ2v) is 16.1. The molecule has 4 nitrogen and oxygen atoms in total. The van der Waals surface area contributed by atoms with Crippen LogP contribution in [-0.2, 0) is 5.41 Å². The normalized spacial score (nSPS) is 13.1. The summed E-state index contributed by atoms with van der Waals surface area (Å²) in [5, 5.41) is 9.24.